The van der Waals surface area contributed by atoms with Crippen LogP contribution >= 0.6 is 23.5 Å². The SMILES string of the molecule is C#CC(=O)OCCCOC(=O)/C=C/SCCCOC(=O)CCC(=O)OCCCS/C=C/C(C)=O. The Morgan fingerprint density at radius 3 is 1.76 bits per heavy atom. The molecule has 0 bridgehead atoms. The van der Waals surface area contributed by atoms with Gasteiger partial charge in [0.1, 0.15) is 0 Å². The maximum absolute atomic E-state index is 11.6. The number of allylic oxidation sites excluding steroid dienone is 1. The van der Waals surface area contributed by atoms with E-state index in [1.165, 1.54) is 42.6 Å². The molecule has 0 rings (SSSR count). The molecular weight excluding hydrogens is 484 g/mol. The van der Waals surface area contributed by atoms with Crippen LogP contribution in [0.5, 0.6) is 0 Å². The van der Waals surface area contributed by atoms with Crippen molar-refractivity contribution in [1.82, 2.24) is 0 Å². The molecule has 188 valence electrons. The van der Waals surface area contributed by atoms with Gasteiger partial charge >= 0.3 is 23.9 Å². The monoisotopic (exact) mass is 514 g/mol. The average molecular weight is 515 g/mol. The molecule has 9 nitrogen and oxygen atoms in total. The minimum absolute atomic E-state index is 0.0174. The molecule has 0 atom stereocenters. The van der Waals surface area contributed by atoms with E-state index in [9.17, 15) is 24.0 Å². The summed E-state index contributed by atoms with van der Waals surface area (Å²) in [6.07, 6.45) is 9.08. The summed E-state index contributed by atoms with van der Waals surface area (Å²) in [5, 5.41) is 3.29. The zero-order valence-corrected chi connectivity index (χ0v) is 20.8. The number of ether oxygens (including phenoxy) is 4. The molecule has 0 aromatic rings. The Labute approximate surface area is 208 Å². The van der Waals surface area contributed by atoms with E-state index in [0.717, 1.165) is 5.75 Å². The number of ketones is 1. The predicted molar refractivity (Wildman–Crippen MR) is 130 cm³/mol. The topological polar surface area (TPSA) is 122 Å². The lowest BCUT2D eigenvalue weighted by Crippen LogP contribution is -2.12. The second-order valence-corrected chi connectivity index (χ2v) is 8.43. The Bertz CT molecular complexity index is 754. The fraction of sp³-hybridized carbons (Fsp3) is 0.522. The van der Waals surface area contributed by atoms with Crippen LogP contribution in [0.2, 0.25) is 0 Å². The third kappa shape index (κ3) is 22.5. The van der Waals surface area contributed by atoms with Gasteiger partial charge in [-0.2, -0.15) is 0 Å². The smallest absolute Gasteiger partial charge is 0.384 e. The third-order valence-corrected chi connectivity index (χ3v) is 5.16. The van der Waals surface area contributed by atoms with Gasteiger partial charge in [-0.05, 0) is 36.7 Å². The van der Waals surface area contributed by atoms with E-state index >= 15 is 0 Å². The first-order valence-corrected chi connectivity index (χ1v) is 12.6. The zero-order chi connectivity index (χ0) is 25.4. The molecule has 0 aromatic carbocycles. The quantitative estimate of drug-likeness (QED) is 0.0631. The normalized spacial score (nSPS) is 10.6. The molecule has 0 N–H and O–H groups in total. The summed E-state index contributed by atoms with van der Waals surface area (Å²) in [5.74, 6) is 0.937. The molecule has 0 aromatic heterocycles. The van der Waals surface area contributed by atoms with Crippen LogP contribution in [-0.2, 0) is 42.9 Å². The molecule has 0 fully saturated rings. The summed E-state index contributed by atoms with van der Waals surface area (Å²) in [4.78, 5) is 56.1. The van der Waals surface area contributed by atoms with Crippen molar-refractivity contribution in [3.05, 3.63) is 23.0 Å². The Morgan fingerprint density at radius 1 is 0.735 bits per heavy atom. The molecule has 0 aliphatic rings. The Morgan fingerprint density at radius 2 is 1.24 bits per heavy atom. The molecule has 0 saturated carbocycles. The van der Waals surface area contributed by atoms with E-state index in [2.05, 4.69) is 4.74 Å². The predicted octanol–water partition coefficient (Wildman–Crippen LogP) is 2.83. The molecule has 0 aliphatic carbocycles. The first-order chi connectivity index (χ1) is 16.3. The summed E-state index contributed by atoms with van der Waals surface area (Å²) in [5.41, 5.74) is 0. The standard InChI is InChI=1S/C23H30O9S2/c1-3-20(25)29-11-4-12-30-23(28)10-18-34-16-6-14-32-22(27)8-7-21(26)31-13-5-15-33-17-9-19(2)24/h1,9-10,17-18H,4-8,11-16H2,2H3/b17-9+,18-10+. The minimum Gasteiger partial charge on any atom is -0.466 e. The van der Waals surface area contributed by atoms with E-state index < -0.39 is 23.9 Å². The number of esters is 4. The van der Waals surface area contributed by atoms with Crippen LogP contribution in [0.15, 0.2) is 23.0 Å². The van der Waals surface area contributed by atoms with Crippen molar-refractivity contribution in [1.29, 1.82) is 0 Å². The molecule has 0 spiro atoms. The Kier molecular flexibility index (Phi) is 20.3. The molecule has 0 saturated heterocycles. The number of carbonyl (C=O) groups is 5. The summed E-state index contributed by atoms with van der Waals surface area (Å²) < 4.78 is 19.6. The van der Waals surface area contributed by atoms with Crippen LogP contribution < -0.4 is 0 Å². The maximum Gasteiger partial charge on any atom is 0.384 e. The van der Waals surface area contributed by atoms with Gasteiger partial charge in [0.2, 0.25) is 0 Å². The molecule has 0 amide bonds. The van der Waals surface area contributed by atoms with Crippen molar-refractivity contribution in [3.8, 4) is 12.3 Å². The van der Waals surface area contributed by atoms with Gasteiger partial charge in [0.15, 0.2) is 5.78 Å². The summed E-state index contributed by atoms with van der Waals surface area (Å²) in [6.45, 7) is 2.12. The van der Waals surface area contributed by atoms with E-state index in [0.29, 0.717) is 25.0 Å². The number of hydrogen-bond acceptors (Lipinski definition) is 11. The van der Waals surface area contributed by atoms with Crippen LogP contribution in [0, 0.1) is 12.3 Å². The van der Waals surface area contributed by atoms with Gasteiger partial charge < -0.3 is 18.9 Å². The first kappa shape index (κ1) is 31.3. The first-order valence-electron chi connectivity index (χ1n) is 10.5. The fourth-order valence-electron chi connectivity index (χ4n) is 1.88. The highest BCUT2D eigenvalue weighted by molar-refractivity contribution is 8.02. The van der Waals surface area contributed by atoms with Gasteiger partial charge in [-0.25, -0.2) is 9.59 Å². The highest BCUT2D eigenvalue weighted by Gasteiger charge is 2.09. The Balaban J connectivity index is 3.58. The lowest BCUT2D eigenvalue weighted by atomic mass is 10.3. The van der Waals surface area contributed by atoms with Gasteiger partial charge in [-0.1, -0.05) is 0 Å². The van der Waals surface area contributed by atoms with Crippen LogP contribution in [0.25, 0.3) is 0 Å². The van der Waals surface area contributed by atoms with Crippen LogP contribution in [-0.4, -0.2) is 67.6 Å². The second-order valence-electron chi connectivity index (χ2n) is 6.41. The van der Waals surface area contributed by atoms with E-state index in [-0.39, 0.29) is 45.1 Å². The van der Waals surface area contributed by atoms with E-state index in [1.54, 1.807) is 10.8 Å². The van der Waals surface area contributed by atoms with Crippen LogP contribution in [0.4, 0.5) is 0 Å². The average Bonchev–Trinajstić information content (AvgIpc) is 2.80. The van der Waals surface area contributed by atoms with Crippen molar-refractivity contribution in [2.45, 2.75) is 39.0 Å². The largest absolute Gasteiger partial charge is 0.466 e. The van der Waals surface area contributed by atoms with Gasteiger partial charge in [0.25, 0.3) is 0 Å². The van der Waals surface area contributed by atoms with Crippen molar-refractivity contribution >= 4 is 53.2 Å². The lowest BCUT2D eigenvalue weighted by Gasteiger charge is -2.05. The number of terminal acetylenes is 1. The third-order valence-electron chi connectivity index (χ3n) is 3.46. The highest BCUT2D eigenvalue weighted by Crippen LogP contribution is 2.07. The minimum atomic E-state index is -0.756. The summed E-state index contributed by atoms with van der Waals surface area (Å²) >= 11 is 2.82. The maximum atomic E-state index is 11.6. The van der Waals surface area contributed by atoms with Gasteiger partial charge in [0, 0.05) is 29.9 Å². The van der Waals surface area contributed by atoms with Crippen LogP contribution in [0.1, 0.15) is 39.0 Å². The molecular formula is C23H30O9S2. The van der Waals surface area contributed by atoms with Gasteiger partial charge in [-0.3, -0.25) is 14.4 Å². The lowest BCUT2D eigenvalue weighted by molar-refractivity contribution is -0.150. The van der Waals surface area contributed by atoms with Crippen LogP contribution in [0.3, 0.4) is 0 Å². The zero-order valence-electron chi connectivity index (χ0n) is 19.2. The number of hydrogen-bond donors (Lipinski definition) is 0. The number of thioether (sulfide) groups is 2. The molecule has 11 heteroatoms. The highest BCUT2D eigenvalue weighted by atomic mass is 32.2. The number of rotatable bonds is 19. The molecule has 0 unspecified atom stereocenters. The summed E-state index contributed by atoms with van der Waals surface area (Å²) in [7, 11) is 0. The summed E-state index contributed by atoms with van der Waals surface area (Å²) in [6, 6.07) is 0. The Hall–Kier alpha value is -2.71. The van der Waals surface area contributed by atoms with Crippen molar-refractivity contribution in [2.75, 3.05) is 37.9 Å². The van der Waals surface area contributed by atoms with Crippen molar-refractivity contribution in [3.63, 3.8) is 0 Å². The van der Waals surface area contributed by atoms with Crippen molar-refractivity contribution in [2.24, 2.45) is 0 Å². The molecule has 0 heterocycles. The molecule has 34 heavy (non-hydrogen) atoms. The van der Waals surface area contributed by atoms with Gasteiger partial charge in [-0.15, -0.1) is 29.9 Å². The fourth-order valence-corrected chi connectivity index (χ4v) is 3.21. The van der Waals surface area contributed by atoms with E-state index in [1.807, 2.05) is 5.92 Å². The second kappa shape index (κ2) is 22.1. The van der Waals surface area contributed by atoms with E-state index in [4.69, 9.17) is 20.6 Å². The molecule has 0 aliphatic heterocycles. The molecule has 0 radical (unpaired) electrons. The van der Waals surface area contributed by atoms with Crippen molar-refractivity contribution < 1.29 is 42.9 Å². The van der Waals surface area contributed by atoms with Gasteiger partial charge in [0.05, 0.1) is 39.3 Å². The number of carbonyl (C=O) groups excluding carboxylic acids is 5.